The number of halogens is 1. The fraction of sp³-hybridized carbons (Fsp3) is 0.786. The maximum Gasteiger partial charge on any atom is 0.231 e. The zero-order valence-corrected chi connectivity index (χ0v) is 13.7. The zero-order valence-electron chi connectivity index (χ0n) is 12.9. The van der Waals surface area contributed by atoms with Crippen LogP contribution in [0.25, 0.3) is 0 Å². The van der Waals surface area contributed by atoms with Crippen molar-refractivity contribution in [1.82, 2.24) is 15.0 Å². The Morgan fingerprint density at radius 2 is 1.90 bits per heavy atom. The molecule has 21 heavy (non-hydrogen) atoms. The number of aliphatic hydroxyl groups excluding tert-OH is 1. The summed E-state index contributed by atoms with van der Waals surface area (Å²) in [6.07, 6.45) is 2.56. The van der Waals surface area contributed by atoms with Crippen molar-refractivity contribution < 1.29 is 5.11 Å². The summed E-state index contributed by atoms with van der Waals surface area (Å²) in [5.74, 6) is 1.03. The van der Waals surface area contributed by atoms with Crippen LogP contribution >= 0.6 is 11.6 Å². The summed E-state index contributed by atoms with van der Waals surface area (Å²) in [7, 11) is 0. The van der Waals surface area contributed by atoms with Crippen LogP contribution in [0.1, 0.15) is 40.0 Å². The molecule has 6 nitrogen and oxygen atoms in total. The van der Waals surface area contributed by atoms with E-state index in [-0.39, 0.29) is 10.7 Å². The van der Waals surface area contributed by atoms with Gasteiger partial charge in [-0.25, -0.2) is 0 Å². The van der Waals surface area contributed by atoms with Gasteiger partial charge in [-0.15, -0.1) is 0 Å². The van der Waals surface area contributed by atoms with Crippen molar-refractivity contribution >= 4 is 23.5 Å². The maximum absolute atomic E-state index is 10.0. The summed E-state index contributed by atoms with van der Waals surface area (Å²) >= 11 is 5.96. The summed E-state index contributed by atoms with van der Waals surface area (Å²) in [6, 6.07) is 0. The molecule has 1 aromatic heterocycles. The second-order valence-electron chi connectivity index (χ2n) is 6.72. The molecule has 2 heterocycles. The van der Waals surface area contributed by atoms with Gasteiger partial charge in [0.05, 0.1) is 6.10 Å². The number of hydrogen-bond donors (Lipinski definition) is 2. The molecule has 1 aliphatic rings. The molecule has 1 saturated heterocycles. The Morgan fingerprint density at radius 1 is 1.24 bits per heavy atom. The molecule has 1 fully saturated rings. The number of anilines is 2. The van der Waals surface area contributed by atoms with E-state index in [4.69, 9.17) is 11.6 Å². The molecule has 0 amide bonds. The van der Waals surface area contributed by atoms with Crippen LogP contribution in [-0.2, 0) is 0 Å². The first kappa shape index (κ1) is 16.2. The lowest BCUT2D eigenvalue weighted by Gasteiger charge is -2.22. The van der Waals surface area contributed by atoms with Gasteiger partial charge >= 0.3 is 0 Å². The van der Waals surface area contributed by atoms with Crippen LogP contribution in [0.5, 0.6) is 0 Å². The van der Waals surface area contributed by atoms with Crippen LogP contribution in [0.15, 0.2) is 0 Å². The van der Waals surface area contributed by atoms with Gasteiger partial charge in [0.2, 0.25) is 17.2 Å². The number of nitrogens with one attached hydrogen (secondary N) is 1. The molecule has 2 N–H and O–H groups in total. The van der Waals surface area contributed by atoms with Crippen molar-refractivity contribution in [2.75, 3.05) is 29.9 Å². The third kappa shape index (κ3) is 5.28. The van der Waals surface area contributed by atoms with Gasteiger partial charge in [0, 0.05) is 19.6 Å². The highest BCUT2D eigenvalue weighted by Gasteiger charge is 2.19. The molecule has 2 rings (SSSR count). The molecule has 7 heteroatoms. The molecule has 0 saturated carbocycles. The minimum Gasteiger partial charge on any atom is -0.391 e. The molecular weight excluding hydrogens is 290 g/mol. The molecule has 0 bridgehead atoms. The van der Waals surface area contributed by atoms with E-state index in [0.717, 1.165) is 25.9 Å². The number of rotatable bonds is 5. The summed E-state index contributed by atoms with van der Waals surface area (Å²) in [5.41, 5.74) is 0.0819. The van der Waals surface area contributed by atoms with Crippen LogP contribution in [-0.4, -0.2) is 45.8 Å². The van der Waals surface area contributed by atoms with E-state index in [1.807, 2.05) is 0 Å². The van der Waals surface area contributed by atoms with Gasteiger partial charge in [-0.2, -0.15) is 15.0 Å². The van der Waals surface area contributed by atoms with E-state index in [2.05, 4.69) is 45.9 Å². The second-order valence-corrected chi connectivity index (χ2v) is 7.06. The van der Waals surface area contributed by atoms with E-state index in [0.29, 0.717) is 24.9 Å². The summed E-state index contributed by atoms with van der Waals surface area (Å²) in [4.78, 5) is 14.7. The largest absolute Gasteiger partial charge is 0.391 e. The highest BCUT2D eigenvalue weighted by atomic mass is 35.5. The van der Waals surface area contributed by atoms with Gasteiger partial charge in [-0.3, -0.25) is 0 Å². The predicted octanol–water partition coefficient (Wildman–Crippen LogP) is 2.33. The predicted molar refractivity (Wildman–Crippen MR) is 84.9 cm³/mol. The molecule has 1 atom stereocenters. The standard InChI is InChI=1S/C14H24ClN5O/c1-14(2,3)8-10(21)9-16-12-17-11(15)18-13(19-12)20-6-4-5-7-20/h10,21H,4-9H2,1-3H3,(H,16,17,18,19). The number of aliphatic hydroxyl groups is 1. The lowest BCUT2D eigenvalue weighted by Crippen LogP contribution is -2.26. The van der Waals surface area contributed by atoms with Gasteiger partial charge in [0.1, 0.15) is 0 Å². The number of nitrogens with zero attached hydrogens (tertiary/aromatic N) is 4. The van der Waals surface area contributed by atoms with Crippen molar-refractivity contribution in [1.29, 1.82) is 0 Å². The Labute approximate surface area is 131 Å². The molecule has 0 spiro atoms. The SMILES string of the molecule is CC(C)(C)CC(O)CNc1nc(Cl)nc(N2CCCC2)n1. The zero-order chi connectivity index (χ0) is 15.5. The Morgan fingerprint density at radius 3 is 2.52 bits per heavy atom. The summed E-state index contributed by atoms with van der Waals surface area (Å²) in [5, 5.41) is 13.2. The van der Waals surface area contributed by atoms with Crippen LogP contribution in [0.3, 0.4) is 0 Å². The Bertz CT molecular complexity index is 471. The molecule has 1 aromatic rings. The van der Waals surface area contributed by atoms with Gasteiger partial charge in [-0.1, -0.05) is 20.8 Å². The fourth-order valence-electron chi connectivity index (χ4n) is 2.47. The van der Waals surface area contributed by atoms with E-state index < -0.39 is 6.10 Å². The van der Waals surface area contributed by atoms with Crippen molar-refractivity contribution in [3.05, 3.63) is 5.28 Å². The van der Waals surface area contributed by atoms with Crippen molar-refractivity contribution in [3.63, 3.8) is 0 Å². The molecule has 118 valence electrons. The minimum atomic E-state index is -0.448. The number of aromatic nitrogens is 3. The molecule has 1 aliphatic heterocycles. The van der Waals surface area contributed by atoms with Gasteiger partial charge in [0.25, 0.3) is 0 Å². The van der Waals surface area contributed by atoms with Crippen LogP contribution in [0.4, 0.5) is 11.9 Å². The lowest BCUT2D eigenvalue weighted by molar-refractivity contribution is 0.132. The lowest BCUT2D eigenvalue weighted by atomic mass is 9.89. The highest BCUT2D eigenvalue weighted by Crippen LogP contribution is 2.21. The average molecular weight is 314 g/mol. The molecule has 1 unspecified atom stereocenters. The van der Waals surface area contributed by atoms with Gasteiger partial charge in [0.15, 0.2) is 0 Å². The normalized spacial score (nSPS) is 17.1. The topological polar surface area (TPSA) is 74.2 Å². The maximum atomic E-state index is 10.0. The first-order chi connectivity index (χ1) is 9.83. The van der Waals surface area contributed by atoms with E-state index in [1.54, 1.807) is 0 Å². The molecule has 0 aromatic carbocycles. The number of hydrogen-bond acceptors (Lipinski definition) is 6. The van der Waals surface area contributed by atoms with E-state index in [9.17, 15) is 5.11 Å². The molecule has 0 radical (unpaired) electrons. The van der Waals surface area contributed by atoms with Crippen LogP contribution in [0.2, 0.25) is 5.28 Å². The monoisotopic (exact) mass is 313 g/mol. The quantitative estimate of drug-likeness (QED) is 0.869. The average Bonchev–Trinajstić information content (AvgIpc) is 2.87. The molecule has 0 aliphatic carbocycles. The first-order valence-electron chi connectivity index (χ1n) is 7.42. The van der Waals surface area contributed by atoms with Crippen LogP contribution in [0, 0.1) is 5.41 Å². The fourth-order valence-corrected chi connectivity index (χ4v) is 2.62. The van der Waals surface area contributed by atoms with Gasteiger partial charge < -0.3 is 15.3 Å². The van der Waals surface area contributed by atoms with E-state index in [1.165, 1.54) is 0 Å². The van der Waals surface area contributed by atoms with Crippen molar-refractivity contribution in [2.45, 2.75) is 46.1 Å². The van der Waals surface area contributed by atoms with Crippen LogP contribution < -0.4 is 10.2 Å². The smallest absolute Gasteiger partial charge is 0.231 e. The third-order valence-corrected chi connectivity index (χ3v) is 3.50. The Kier molecular flexibility index (Phi) is 5.22. The van der Waals surface area contributed by atoms with E-state index >= 15 is 0 Å². The summed E-state index contributed by atoms with van der Waals surface area (Å²) < 4.78 is 0. The molecular formula is C14H24ClN5O. The minimum absolute atomic E-state index is 0.0819. The van der Waals surface area contributed by atoms with Crippen molar-refractivity contribution in [2.24, 2.45) is 5.41 Å². The first-order valence-corrected chi connectivity index (χ1v) is 7.80. The Balaban J connectivity index is 1.96. The van der Waals surface area contributed by atoms with Crippen molar-refractivity contribution in [3.8, 4) is 0 Å². The van der Waals surface area contributed by atoms with Gasteiger partial charge in [-0.05, 0) is 36.3 Å². The highest BCUT2D eigenvalue weighted by molar-refractivity contribution is 6.28. The summed E-state index contributed by atoms with van der Waals surface area (Å²) in [6.45, 7) is 8.60. The third-order valence-electron chi connectivity index (χ3n) is 3.33. The Hall–Kier alpha value is -1.14. The second kappa shape index (κ2) is 6.75.